The van der Waals surface area contributed by atoms with Gasteiger partial charge in [0.05, 0.1) is 12.3 Å². The molecule has 2 saturated heterocycles. The van der Waals surface area contributed by atoms with E-state index in [1.807, 2.05) is 12.1 Å². The number of benzene rings is 1. The zero-order valence-corrected chi connectivity index (χ0v) is 18.7. The number of furan rings is 1. The number of likely N-dealkylation sites (tertiary alicyclic amines) is 2. The van der Waals surface area contributed by atoms with E-state index >= 15 is 0 Å². The molecule has 2 amide bonds. The lowest BCUT2D eigenvalue weighted by Gasteiger charge is -2.34. The molecule has 2 aliphatic heterocycles. The topological polar surface area (TPSA) is 60.8 Å². The lowest BCUT2D eigenvalue weighted by atomic mass is 10.0. The van der Waals surface area contributed by atoms with Gasteiger partial charge in [-0.1, -0.05) is 30.7 Å². The number of amides is 2. The molecule has 1 atom stereocenters. The summed E-state index contributed by atoms with van der Waals surface area (Å²) in [6.07, 6.45) is 7.42. The van der Waals surface area contributed by atoms with E-state index in [2.05, 4.69) is 51.6 Å². The zero-order valence-electron chi connectivity index (χ0n) is 18.7. The number of hydrogen-bond acceptors (Lipinski definition) is 4. The van der Waals surface area contributed by atoms with Crippen LogP contribution in [0.5, 0.6) is 0 Å². The number of carbonyl (C=O) groups is 1. The average Bonchev–Trinajstić information content (AvgIpc) is 3.32. The number of carbonyl (C=O) groups excluding carboxylic acids is 1. The van der Waals surface area contributed by atoms with E-state index in [0.29, 0.717) is 6.54 Å². The Morgan fingerprint density at radius 2 is 1.84 bits per heavy atom. The summed E-state index contributed by atoms with van der Waals surface area (Å²) < 4.78 is 5.68. The summed E-state index contributed by atoms with van der Waals surface area (Å²) in [4.78, 5) is 17.5. The largest absolute Gasteiger partial charge is 0.468 e. The third kappa shape index (κ3) is 6.11. The molecule has 3 heterocycles. The van der Waals surface area contributed by atoms with Crippen LogP contribution in [0.1, 0.15) is 55.0 Å². The highest BCUT2D eigenvalue weighted by Gasteiger charge is 2.26. The van der Waals surface area contributed by atoms with Gasteiger partial charge in [0.1, 0.15) is 5.76 Å². The molecule has 6 nitrogen and oxygen atoms in total. The standard InChI is InChI=1S/C25H36N4O2/c1-20-8-3-4-9-21(20)19-28-15-11-22(12-16-28)27-25(30)26-18-23(24-10-7-17-31-24)29-13-5-2-6-14-29/h3-4,7-10,17,22-23H,2,5-6,11-16,18-19H2,1H3,(H2,26,27,30). The Morgan fingerprint density at radius 1 is 1.06 bits per heavy atom. The second-order valence-corrected chi connectivity index (χ2v) is 8.96. The molecular weight excluding hydrogens is 388 g/mol. The maximum absolute atomic E-state index is 12.6. The van der Waals surface area contributed by atoms with E-state index in [9.17, 15) is 4.79 Å². The minimum atomic E-state index is -0.0640. The molecule has 31 heavy (non-hydrogen) atoms. The molecule has 1 aromatic heterocycles. The fourth-order valence-corrected chi connectivity index (χ4v) is 4.81. The van der Waals surface area contributed by atoms with Crippen LogP contribution in [0.15, 0.2) is 47.1 Å². The van der Waals surface area contributed by atoms with Gasteiger partial charge < -0.3 is 15.1 Å². The van der Waals surface area contributed by atoms with Crippen molar-refractivity contribution in [3.8, 4) is 0 Å². The van der Waals surface area contributed by atoms with Crippen molar-refractivity contribution in [1.29, 1.82) is 0 Å². The van der Waals surface area contributed by atoms with Crippen molar-refractivity contribution in [1.82, 2.24) is 20.4 Å². The number of urea groups is 1. The summed E-state index contributed by atoms with van der Waals surface area (Å²) in [5.74, 6) is 0.937. The molecule has 1 aromatic carbocycles. The van der Waals surface area contributed by atoms with Crippen molar-refractivity contribution in [2.45, 2.75) is 57.7 Å². The van der Waals surface area contributed by atoms with Crippen molar-refractivity contribution < 1.29 is 9.21 Å². The van der Waals surface area contributed by atoms with Crippen molar-refractivity contribution in [2.24, 2.45) is 0 Å². The molecule has 0 aliphatic carbocycles. The first-order valence-corrected chi connectivity index (χ1v) is 11.8. The smallest absolute Gasteiger partial charge is 0.315 e. The van der Waals surface area contributed by atoms with Gasteiger partial charge in [-0.25, -0.2) is 4.79 Å². The number of nitrogens with one attached hydrogen (secondary N) is 2. The Kier molecular flexibility index (Phi) is 7.65. The molecule has 6 heteroatoms. The maximum Gasteiger partial charge on any atom is 0.315 e. The predicted octanol–water partition coefficient (Wildman–Crippen LogP) is 4.08. The summed E-state index contributed by atoms with van der Waals surface area (Å²) in [5, 5.41) is 6.30. The Bertz CT molecular complexity index is 809. The normalized spacial score (nSPS) is 19.8. The van der Waals surface area contributed by atoms with E-state index < -0.39 is 0 Å². The van der Waals surface area contributed by atoms with Crippen LogP contribution < -0.4 is 10.6 Å². The van der Waals surface area contributed by atoms with Crippen LogP contribution >= 0.6 is 0 Å². The Labute approximate surface area is 186 Å². The first-order chi connectivity index (χ1) is 15.2. The highest BCUT2D eigenvalue weighted by molar-refractivity contribution is 5.74. The maximum atomic E-state index is 12.6. The van der Waals surface area contributed by atoms with Gasteiger partial charge in [-0.2, -0.15) is 0 Å². The van der Waals surface area contributed by atoms with Gasteiger partial charge in [0.25, 0.3) is 0 Å². The van der Waals surface area contributed by atoms with Crippen molar-refractivity contribution in [3.05, 3.63) is 59.5 Å². The molecule has 2 aliphatic rings. The van der Waals surface area contributed by atoms with E-state index in [0.717, 1.165) is 51.3 Å². The van der Waals surface area contributed by atoms with E-state index in [-0.39, 0.29) is 18.1 Å². The van der Waals surface area contributed by atoms with Gasteiger partial charge >= 0.3 is 6.03 Å². The van der Waals surface area contributed by atoms with Crippen LogP contribution in [0, 0.1) is 6.92 Å². The summed E-state index contributed by atoms with van der Waals surface area (Å²) in [5.41, 5.74) is 2.75. The predicted molar refractivity (Wildman–Crippen MR) is 123 cm³/mol. The van der Waals surface area contributed by atoms with Gasteiger partial charge in [0.15, 0.2) is 0 Å². The van der Waals surface area contributed by atoms with Crippen LogP contribution in [0.4, 0.5) is 4.79 Å². The number of hydrogen-bond donors (Lipinski definition) is 2. The lowest BCUT2D eigenvalue weighted by Crippen LogP contribution is -2.49. The molecule has 0 bridgehead atoms. The Balaban J connectivity index is 1.22. The second-order valence-electron chi connectivity index (χ2n) is 8.96. The third-order valence-electron chi connectivity index (χ3n) is 6.74. The van der Waals surface area contributed by atoms with Crippen LogP contribution in [0.25, 0.3) is 0 Å². The first kappa shape index (κ1) is 21.9. The van der Waals surface area contributed by atoms with Crippen LogP contribution in [-0.4, -0.2) is 54.6 Å². The summed E-state index contributed by atoms with van der Waals surface area (Å²) in [6, 6.07) is 12.8. The number of nitrogens with zero attached hydrogens (tertiary/aromatic N) is 2. The second kappa shape index (κ2) is 10.8. The first-order valence-electron chi connectivity index (χ1n) is 11.8. The zero-order chi connectivity index (χ0) is 21.5. The average molecular weight is 425 g/mol. The number of piperidine rings is 2. The van der Waals surface area contributed by atoms with Crippen LogP contribution in [0.3, 0.4) is 0 Å². The van der Waals surface area contributed by atoms with Crippen molar-refractivity contribution in [2.75, 3.05) is 32.7 Å². The summed E-state index contributed by atoms with van der Waals surface area (Å²) in [6.45, 7) is 7.90. The minimum absolute atomic E-state index is 0.0640. The van der Waals surface area contributed by atoms with Crippen molar-refractivity contribution in [3.63, 3.8) is 0 Å². The number of aryl methyl sites for hydroxylation is 1. The lowest BCUT2D eigenvalue weighted by molar-refractivity contribution is 0.142. The van der Waals surface area contributed by atoms with Gasteiger partial charge in [-0.3, -0.25) is 9.80 Å². The fraction of sp³-hybridized carbons (Fsp3) is 0.560. The van der Waals surface area contributed by atoms with Crippen molar-refractivity contribution >= 4 is 6.03 Å². The highest BCUT2D eigenvalue weighted by atomic mass is 16.3. The molecule has 0 radical (unpaired) electrons. The van der Waals surface area contributed by atoms with Gasteiger partial charge in [0.2, 0.25) is 0 Å². The van der Waals surface area contributed by atoms with E-state index in [4.69, 9.17) is 4.42 Å². The summed E-state index contributed by atoms with van der Waals surface area (Å²) >= 11 is 0. The molecular formula is C25H36N4O2. The molecule has 4 rings (SSSR count). The van der Waals surface area contributed by atoms with Gasteiger partial charge in [-0.15, -0.1) is 0 Å². The van der Waals surface area contributed by atoms with Gasteiger partial charge in [0, 0.05) is 32.2 Å². The minimum Gasteiger partial charge on any atom is -0.468 e. The van der Waals surface area contributed by atoms with Crippen LogP contribution in [0.2, 0.25) is 0 Å². The van der Waals surface area contributed by atoms with E-state index in [1.54, 1.807) is 6.26 Å². The molecule has 2 N–H and O–H groups in total. The van der Waals surface area contributed by atoms with Gasteiger partial charge in [-0.05, 0) is 69.0 Å². The Hall–Kier alpha value is -2.31. The number of rotatable bonds is 7. The third-order valence-corrected chi connectivity index (χ3v) is 6.74. The molecule has 0 saturated carbocycles. The highest BCUT2D eigenvalue weighted by Crippen LogP contribution is 2.24. The monoisotopic (exact) mass is 424 g/mol. The van der Waals surface area contributed by atoms with E-state index in [1.165, 1.54) is 30.4 Å². The molecule has 2 aromatic rings. The molecule has 1 unspecified atom stereocenters. The SMILES string of the molecule is Cc1ccccc1CN1CCC(NC(=O)NCC(c2ccco2)N2CCCCC2)CC1. The summed E-state index contributed by atoms with van der Waals surface area (Å²) in [7, 11) is 0. The van der Waals surface area contributed by atoms with Crippen LogP contribution in [-0.2, 0) is 6.54 Å². The molecule has 2 fully saturated rings. The fourth-order valence-electron chi connectivity index (χ4n) is 4.81. The molecule has 168 valence electrons. The molecule has 0 spiro atoms. The quantitative estimate of drug-likeness (QED) is 0.703. The Morgan fingerprint density at radius 3 is 2.55 bits per heavy atom.